The van der Waals surface area contributed by atoms with E-state index in [1.807, 2.05) is 30.3 Å². The lowest BCUT2D eigenvalue weighted by molar-refractivity contribution is 0.0827. The first kappa shape index (κ1) is 23.5. The lowest BCUT2D eigenvalue weighted by atomic mass is 9.82. The first-order valence-corrected chi connectivity index (χ1v) is 13.0. The molecule has 2 aliphatic rings. The van der Waals surface area contributed by atoms with E-state index >= 15 is 0 Å². The molecule has 1 saturated heterocycles. The van der Waals surface area contributed by atoms with Gasteiger partial charge in [-0.25, -0.2) is 13.4 Å². The minimum atomic E-state index is -3.81. The molecule has 184 valence electrons. The molecule has 1 aromatic heterocycles. The van der Waals surface area contributed by atoms with Crippen LogP contribution < -0.4 is 5.32 Å². The number of benzene rings is 2. The molecular formula is C25H29N5O4S. The topological polar surface area (TPSA) is 108 Å². The lowest BCUT2D eigenvalue weighted by Crippen LogP contribution is -2.42. The summed E-state index contributed by atoms with van der Waals surface area (Å²) in [6, 6.07) is 12.7. The molecule has 3 atom stereocenters. The number of carbonyl (C=O) groups is 1. The maximum Gasteiger partial charge on any atom is 0.262 e. The number of aromatic nitrogens is 2. The second-order valence-corrected chi connectivity index (χ2v) is 11.2. The number of fused-ring (bicyclic) bond motifs is 3. The Kier molecular flexibility index (Phi) is 5.90. The highest BCUT2D eigenvalue weighted by molar-refractivity contribution is 7.89. The number of nitrogens with one attached hydrogen (secondary N) is 1. The molecule has 2 N–H and O–H groups in total. The highest BCUT2D eigenvalue weighted by Crippen LogP contribution is 2.49. The molecule has 9 nitrogen and oxygen atoms in total. The van der Waals surface area contributed by atoms with E-state index in [-0.39, 0.29) is 29.5 Å². The molecule has 2 aromatic carbocycles. The van der Waals surface area contributed by atoms with Crippen LogP contribution in [-0.2, 0) is 17.1 Å². The number of nitrogens with zero attached hydrogens (tertiary/aromatic N) is 4. The second-order valence-electron chi connectivity index (χ2n) is 9.40. The van der Waals surface area contributed by atoms with Crippen molar-refractivity contribution < 1.29 is 18.3 Å². The Bertz CT molecular complexity index is 1370. The maximum atomic E-state index is 13.5. The number of hydrogen-bond donors (Lipinski definition) is 2. The van der Waals surface area contributed by atoms with Gasteiger partial charge in [-0.05, 0) is 47.4 Å². The van der Waals surface area contributed by atoms with Crippen molar-refractivity contribution in [2.45, 2.75) is 23.5 Å². The number of amides is 1. The van der Waals surface area contributed by atoms with Crippen LogP contribution in [0, 0.1) is 5.92 Å². The molecule has 35 heavy (non-hydrogen) atoms. The standard InChI is InChI=1S/C25H29N5O4S/c1-28(2)25(32)17-6-4-16(5-7-17)18-8-9-21-20(12-18)24-19(22(14-31)27-21)10-11-30(24)35(33,34)23-13-29(3)15-26-23/h4-9,12-13,15,19,22,24,27,31H,10-11,14H2,1-3H3/t19-,22-,24-/m1/s1. The molecule has 0 radical (unpaired) electrons. The van der Waals surface area contributed by atoms with Crippen LogP contribution in [0.4, 0.5) is 5.69 Å². The number of hydrogen-bond acceptors (Lipinski definition) is 6. The van der Waals surface area contributed by atoms with Gasteiger partial charge in [0.1, 0.15) is 0 Å². The number of carbonyl (C=O) groups excluding carboxylic acids is 1. The van der Waals surface area contributed by atoms with E-state index in [0.717, 1.165) is 22.4 Å². The van der Waals surface area contributed by atoms with E-state index in [1.165, 1.54) is 21.7 Å². The minimum absolute atomic E-state index is 0.0265. The number of aliphatic hydroxyl groups is 1. The van der Waals surface area contributed by atoms with Gasteiger partial charge in [-0.1, -0.05) is 18.2 Å². The molecule has 0 bridgehead atoms. The van der Waals surface area contributed by atoms with Crippen molar-refractivity contribution in [2.75, 3.05) is 32.6 Å². The van der Waals surface area contributed by atoms with Crippen LogP contribution in [0.15, 0.2) is 60.0 Å². The summed E-state index contributed by atoms with van der Waals surface area (Å²) < 4.78 is 30.3. The quantitative estimate of drug-likeness (QED) is 0.563. The Balaban J connectivity index is 1.55. The zero-order valence-corrected chi connectivity index (χ0v) is 20.7. The van der Waals surface area contributed by atoms with Crippen molar-refractivity contribution in [1.82, 2.24) is 18.8 Å². The summed E-state index contributed by atoms with van der Waals surface area (Å²) in [4.78, 5) is 17.9. The van der Waals surface area contributed by atoms with Crippen LogP contribution in [0.2, 0.25) is 0 Å². The molecule has 5 rings (SSSR count). The largest absolute Gasteiger partial charge is 0.394 e. The highest BCUT2D eigenvalue weighted by Gasteiger charge is 2.49. The van der Waals surface area contributed by atoms with E-state index in [9.17, 15) is 18.3 Å². The number of imidazole rings is 1. The van der Waals surface area contributed by atoms with Crippen molar-refractivity contribution in [3.63, 3.8) is 0 Å². The Labute approximate surface area is 205 Å². The van der Waals surface area contributed by atoms with Gasteiger partial charge in [0.05, 0.1) is 25.0 Å². The molecule has 0 saturated carbocycles. The van der Waals surface area contributed by atoms with Crippen molar-refractivity contribution in [3.8, 4) is 11.1 Å². The maximum absolute atomic E-state index is 13.5. The van der Waals surface area contributed by atoms with Gasteiger partial charge in [-0.2, -0.15) is 4.31 Å². The van der Waals surface area contributed by atoms with Gasteiger partial charge < -0.3 is 19.9 Å². The third-order valence-corrected chi connectivity index (χ3v) is 8.72. The fraction of sp³-hybridized carbons (Fsp3) is 0.360. The Hall–Kier alpha value is -3.21. The lowest BCUT2D eigenvalue weighted by Gasteiger charge is -2.38. The predicted octanol–water partition coefficient (Wildman–Crippen LogP) is 2.33. The number of sulfonamides is 1. The fourth-order valence-electron chi connectivity index (χ4n) is 5.18. The van der Waals surface area contributed by atoms with Gasteiger partial charge in [-0.3, -0.25) is 4.79 Å². The molecule has 10 heteroatoms. The normalized spacial score (nSPS) is 21.8. The Morgan fingerprint density at radius 2 is 1.89 bits per heavy atom. The highest BCUT2D eigenvalue weighted by atomic mass is 32.2. The third-order valence-electron chi connectivity index (χ3n) is 6.95. The van der Waals surface area contributed by atoms with Crippen LogP contribution in [0.25, 0.3) is 11.1 Å². The van der Waals surface area contributed by atoms with E-state index in [1.54, 1.807) is 37.8 Å². The third kappa shape index (κ3) is 4.01. The van der Waals surface area contributed by atoms with Gasteiger partial charge in [0, 0.05) is 51.1 Å². The molecule has 2 aliphatic heterocycles. The number of anilines is 1. The number of aliphatic hydroxyl groups excluding tert-OH is 1. The average molecular weight is 496 g/mol. The zero-order valence-electron chi connectivity index (χ0n) is 19.9. The van der Waals surface area contributed by atoms with Crippen molar-refractivity contribution in [1.29, 1.82) is 0 Å². The zero-order chi connectivity index (χ0) is 24.9. The SMILES string of the molecule is CN(C)C(=O)c1ccc(-c2ccc3c(c2)[C@H]2[C@H](CCN2S(=O)(=O)c2cn(C)cn2)[C@@H](CO)N3)cc1. The van der Waals surface area contributed by atoms with Crippen LogP contribution in [-0.4, -0.2) is 71.5 Å². The average Bonchev–Trinajstić information content (AvgIpc) is 3.50. The van der Waals surface area contributed by atoms with Gasteiger partial charge in [-0.15, -0.1) is 0 Å². The summed E-state index contributed by atoms with van der Waals surface area (Å²) in [6.07, 6.45) is 3.64. The summed E-state index contributed by atoms with van der Waals surface area (Å²) in [6.45, 7) is 0.276. The van der Waals surface area contributed by atoms with Gasteiger partial charge >= 0.3 is 0 Å². The minimum Gasteiger partial charge on any atom is -0.394 e. The molecule has 0 aliphatic carbocycles. The number of rotatable bonds is 5. The molecular weight excluding hydrogens is 466 g/mol. The van der Waals surface area contributed by atoms with Crippen LogP contribution >= 0.6 is 0 Å². The van der Waals surface area contributed by atoms with Crippen molar-refractivity contribution in [2.24, 2.45) is 13.0 Å². The van der Waals surface area contributed by atoms with E-state index < -0.39 is 16.1 Å². The molecule has 1 amide bonds. The van der Waals surface area contributed by atoms with Gasteiger partial charge in [0.15, 0.2) is 5.03 Å². The Morgan fingerprint density at radius 1 is 1.17 bits per heavy atom. The predicted molar refractivity (Wildman–Crippen MR) is 132 cm³/mol. The van der Waals surface area contributed by atoms with E-state index in [4.69, 9.17) is 0 Å². The summed E-state index contributed by atoms with van der Waals surface area (Å²) in [5.41, 5.74) is 4.16. The first-order chi connectivity index (χ1) is 16.7. The fourth-order valence-corrected chi connectivity index (χ4v) is 6.81. The smallest absolute Gasteiger partial charge is 0.262 e. The first-order valence-electron chi connectivity index (χ1n) is 11.5. The molecule has 3 heterocycles. The molecule has 0 spiro atoms. The van der Waals surface area contributed by atoms with Crippen LogP contribution in [0.1, 0.15) is 28.4 Å². The van der Waals surface area contributed by atoms with Gasteiger partial charge in [0.2, 0.25) is 0 Å². The summed E-state index contributed by atoms with van der Waals surface area (Å²) in [7, 11) is 1.36. The second kappa shape index (κ2) is 8.78. The van der Waals surface area contributed by atoms with E-state index in [0.29, 0.717) is 18.5 Å². The molecule has 1 fully saturated rings. The van der Waals surface area contributed by atoms with Crippen LogP contribution in [0.5, 0.6) is 0 Å². The monoisotopic (exact) mass is 495 g/mol. The van der Waals surface area contributed by atoms with E-state index in [2.05, 4.69) is 10.3 Å². The summed E-state index contributed by atoms with van der Waals surface area (Å²) in [5, 5.41) is 13.5. The Morgan fingerprint density at radius 3 is 2.51 bits per heavy atom. The number of aryl methyl sites for hydroxylation is 1. The molecule has 0 unspecified atom stereocenters. The van der Waals surface area contributed by atoms with Crippen molar-refractivity contribution in [3.05, 3.63) is 66.1 Å². The summed E-state index contributed by atoms with van der Waals surface area (Å²) >= 11 is 0. The van der Waals surface area contributed by atoms with Crippen LogP contribution in [0.3, 0.4) is 0 Å². The molecule has 3 aromatic rings. The van der Waals surface area contributed by atoms with Gasteiger partial charge in [0.25, 0.3) is 15.9 Å². The van der Waals surface area contributed by atoms with Crippen molar-refractivity contribution >= 4 is 21.6 Å². The summed E-state index contributed by atoms with van der Waals surface area (Å²) in [5.74, 6) is -0.133.